The van der Waals surface area contributed by atoms with Crippen LogP contribution in [0.25, 0.3) is 0 Å². The van der Waals surface area contributed by atoms with Gasteiger partial charge in [0.2, 0.25) is 0 Å². The average molecular weight is 222 g/mol. The van der Waals surface area contributed by atoms with Crippen molar-refractivity contribution in [2.45, 2.75) is 32.9 Å². The van der Waals surface area contributed by atoms with Crippen LogP contribution in [0.4, 0.5) is 0 Å². The van der Waals surface area contributed by atoms with Gasteiger partial charge in [-0.25, -0.2) is 0 Å². The van der Waals surface area contributed by atoms with E-state index in [1.54, 1.807) is 6.92 Å². The molecule has 0 aliphatic heterocycles. The van der Waals surface area contributed by atoms with E-state index in [1.165, 1.54) is 0 Å². The normalized spacial score (nSPS) is 14.2. The number of primary amides is 1. The molecular weight excluding hydrogens is 204 g/mol. The fraction of sp³-hybridized carbons (Fsp3) is 0.417. The van der Waals surface area contributed by atoms with Gasteiger partial charge in [-0.2, -0.15) is 0 Å². The number of hydrogen-bond donors (Lipinski definition) is 2. The van der Waals surface area contributed by atoms with Gasteiger partial charge in [0.05, 0.1) is 0 Å². The number of nitrogens with two attached hydrogens (primary N) is 2. The Bertz CT molecular complexity index is 389. The van der Waals surface area contributed by atoms with Gasteiger partial charge in [0.1, 0.15) is 5.75 Å². The molecule has 4 nitrogen and oxygen atoms in total. The molecule has 0 radical (unpaired) electrons. The van der Waals surface area contributed by atoms with Crippen LogP contribution < -0.4 is 16.2 Å². The third kappa shape index (κ3) is 2.97. The first-order valence-electron chi connectivity index (χ1n) is 5.24. The second-order valence-electron chi connectivity index (χ2n) is 3.99. The standard InChI is InChI=1S/C12H18N2O2/c1-7-4-5-10(8(2)13)11(6-7)16-9(3)12(14)15/h4-6,8-9H,13H2,1-3H3,(H2,14,15). The zero-order chi connectivity index (χ0) is 12.3. The molecule has 1 amide bonds. The Morgan fingerprint density at radius 3 is 2.50 bits per heavy atom. The molecule has 4 heteroatoms. The Hall–Kier alpha value is -1.55. The van der Waals surface area contributed by atoms with Crippen LogP contribution in [0.3, 0.4) is 0 Å². The van der Waals surface area contributed by atoms with Crippen molar-refractivity contribution in [1.29, 1.82) is 0 Å². The fourth-order valence-corrected chi connectivity index (χ4v) is 1.37. The van der Waals surface area contributed by atoms with Crippen LogP contribution in [-0.2, 0) is 4.79 Å². The van der Waals surface area contributed by atoms with Crippen molar-refractivity contribution in [3.05, 3.63) is 29.3 Å². The van der Waals surface area contributed by atoms with E-state index in [1.807, 2.05) is 32.0 Å². The van der Waals surface area contributed by atoms with E-state index in [2.05, 4.69) is 0 Å². The minimum absolute atomic E-state index is 0.143. The van der Waals surface area contributed by atoms with Crippen LogP contribution in [0.5, 0.6) is 5.75 Å². The maximum Gasteiger partial charge on any atom is 0.258 e. The topological polar surface area (TPSA) is 78.3 Å². The monoisotopic (exact) mass is 222 g/mol. The summed E-state index contributed by atoms with van der Waals surface area (Å²) in [6, 6.07) is 5.58. The lowest BCUT2D eigenvalue weighted by molar-refractivity contribution is -0.124. The third-order valence-electron chi connectivity index (χ3n) is 2.36. The van der Waals surface area contributed by atoms with Gasteiger partial charge in [0, 0.05) is 11.6 Å². The van der Waals surface area contributed by atoms with Crippen LogP contribution in [0.15, 0.2) is 18.2 Å². The lowest BCUT2D eigenvalue weighted by Gasteiger charge is -2.17. The van der Waals surface area contributed by atoms with Gasteiger partial charge in [-0.15, -0.1) is 0 Å². The van der Waals surface area contributed by atoms with Crippen molar-refractivity contribution in [3.63, 3.8) is 0 Å². The highest BCUT2D eigenvalue weighted by Crippen LogP contribution is 2.25. The molecule has 0 spiro atoms. The van der Waals surface area contributed by atoms with Gasteiger partial charge in [0.25, 0.3) is 5.91 Å². The molecule has 0 aliphatic carbocycles. The summed E-state index contributed by atoms with van der Waals surface area (Å²) in [7, 11) is 0. The lowest BCUT2D eigenvalue weighted by Crippen LogP contribution is -2.31. The van der Waals surface area contributed by atoms with Crippen LogP contribution in [0.2, 0.25) is 0 Å². The van der Waals surface area contributed by atoms with Gasteiger partial charge in [0.15, 0.2) is 6.10 Å². The molecule has 1 aromatic rings. The molecule has 0 aliphatic rings. The summed E-state index contributed by atoms with van der Waals surface area (Å²) in [6.45, 7) is 5.44. The molecule has 0 heterocycles. The number of aryl methyl sites for hydroxylation is 1. The van der Waals surface area contributed by atoms with E-state index in [9.17, 15) is 4.79 Å². The highest BCUT2D eigenvalue weighted by molar-refractivity contribution is 5.78. The minimum atomic E-state index is -0.653. The maximum absolute atomic E-state index is 10.9. The van der Waals surface area contributed by atoms with Crippen LogP contribution in [0.1, 0.15) is 31.0 Å². The van der Waals surface area contributed by atoms with E-state index in [0.29, 0.717) is 5.75 Å². The zero-order valence-electron chi connectivity index (χ0n) is 9.86. The maximum atomic E-state index is 10.9. The molecule has 0 bridgehead atoms. The zero-order valence-corrected chi connectivity index (χ0v) is 9.86. The number of hydrogen-bond acceptors (Lipinski definition) is 3. The Kier molecular flexibility index (Phi) is 3.90. The Morgan fingerprint density at radius 2 is 2.00 bits per heavy atom. The van der Waals surface area contributed by atoms with Crippen LogP contribution >= 0.6 is 0 Å². The number of carbonyl (C=O) groups is 1. The predicted octanol–water partition coefficient (Wildman–Crippen LogP) is 1.27. The summed E-state index contributed by atoms with van der Waals surface area (Å²) in [5.41, 5.74) is 12.9. The van der Waals surface area contributed by atoms with Crippen LogP contribution in [-0.4, -0.2) is 12.0 Å². The van der Waals surface area contributed by atoms with E-state index >= 15 is 0 Å². The second kappa shape index (κ2) is 4.99. The summed E-state index contributed by atoms with van der Waals surface area (Å²) in [4.78, 5) is 10.9. The molecule has 1 aromatic carbocycles. The van der Waals surface area contributed by atoms with Gasteiger partial charge in [-0.3, -0.25) is 4.79 Å². The summed E-state index contributed by atoms with van der Waals surface area (Å²) in [6.07, 6.45) is -0.653. The van der Waals surface area contributed by atoms with E-state index < -0.39 is 12.0 Å². The summed E-state index contributed by atoms with van der Waals surface area (Å²) in [5.74, 6) is 0.137. The Balaban J connectivity index is 3.01. The molecule has 0 aromatic heterocycles. The van der Waals surface area contributed by atoms with Gasteiger partial charge >= 0.3 is 0 Å². The van der Waals surface area contributed by atoms with Crippen molar-refractivity contribution < 1.29 is 9.53 Å². The van der Waals surface area contributed by atoms with Gasteiger partial charge < -0.3 is 16.2 Å². The highest BCUT2D eigenvalue weighted by Gasteiger charge is 2.14. The molecule has 0 saturated carbocycles. The molecule has 2 atom stereocenters. The summed E-state index contributed by atoms with van der Waals surface area (Å²) in [5, 5.41) is 0. The number of benzene rings is 1. The first-order valence-corrected chi connectivity index (χ1v) is 5.24. The average Bonchev–Trinajstić information content (AvgIpc) is 2.16. The SMILES string of the molecule is Cc1ccc(C(C)N)c(OC(C)C(N)=O)c1. The van der Waals surface area contributed by atoms with Crippen LogP contribution in [0, 0.1) is 6.92 Å². The van der Waals surface area contributed by atoms with E-state index in [-0.39, 0.29) is 6.04 Å². The van der Waals surface area contributed by atoms with Gasteiger partial charge in [-0.05, 0) is 32.4 Å². The quantitative estimate of drug-likeness (QED) is 0.805. The Morgan fingerprint density at radius 1 is 1.38 bits per heavy atom. The molecule has 4 N–H and O–H groups in total. The molecule has 1 rings (SSSR count). The molecular formula is C12H18N2O2. The predicted molar refractivity (Wildman–Crippen MR) is 63.1 cm³/mol. The molecule has 2 unspecified atom stereocenters. The number of ether oxygens (including phenoxy) is 1. The van der Waals surface area contributed by atoms with Crippen molar-refractivity contribution in [3.8, 4) is 5.75 Å². The molecule has 0 saturated heterocycles. The van der Waals surface area contributed by atoms with Crippen molar-refractivity contribution >= 4 is 5.91 Å². The molecule has 16 heavy (non-hydrogen) atoms. The van der Waals surface area contributed by atoms with Crippen molar-refractivity contribution in [2.24, 2.45) is 11.5 Å². The highest BCUT2D eigenvalue weighted by atomic mass is 16.5. The molecule has 88 valence electrons. The van der Waals surface area contributed by atoms with Crippen molar-refractivity contribution in [1.82, 2.24) is 0 Å². The number of amides is 1. The van der Waals surface area contributed by atoms with Gasteiger partial charge in [-0.1, -0.05) is 12.1 Å². The Labute approximate surface area is 95.6 Å². The van der Waals surface area contributed by atoms with Crippen molar-refractivity contribution in [2.75, 3.05) is 0 Å². The largest absolute Gasteiger partial charge is 0.481 e. The minimum Gasteiger partial charge on any atom is -0.481 e. The smallest absolute Gasteiger partial charge is 0.258 e. The lowest BCUT2D eigenvalue weighted by atomic mass is 10.1. The number of carbonyl (C=O) groups excluding carboxylic acids is 1. The number of rotatable bonds is 4. The van der Waals surface area contributed by atoms with E-state index in [4.69, 9.17) is 16.2 Å². The molecule has 0 fully saturated rings. The third-order valence-corrected chi connectivity index (χ3v) is 2.36. The van der Waals surface area contributed by atoms with E-state index in [0.717, 1.165) is 11.1 Å². The first kappa shape index (κ1) is 12.5. The summed E-state index contributed by atoms with van der Waals surface area (Å²) < 4.78 is 5.49. The fourth-order valence-electron chi connectivity index (χ4n) is 1.37. The summed E-state index contributed by atoms with van der Waals surface area (Å²) >= 11 is 0. The first-order chi connectivity index (χ1) is 7.41. The second-order valence-corrected chi connectivity index (χ2v) is 3.99.